The predicted molar refractivity (Wildman–Crippen MR) is 66.2 cm³/mol. The summed E-state index contributed by atoms with van der Waals surface area (Å²) in [7, 11) is 0. The van der Waals surface area contributed by atoms with Gasteiger partial charge in [0.25, 0.3) is 0 Å². The van der Waals surface area contributed by atoms with E-state index in [1.54, 1.807) is 0 Å². The van der Waals surface area contributed by atoms with Crippen molar-refractivity contribution in [3.05, 3.63) is 35.4 Å². The third-order valence-corrected chi connectivity index (χ3v) is 3.46. The van der Waals surface area contributed by atoms with E-state index in [2.05, 4.69) is 0 Å². The second-order valence-electron chi connectivity index (χ2n) is 5.89. The topological polar surface area (TPSA) is 23.5 Å². The highest BCUT2D eigenvalue weighted by Crippen LogP contribution is 2.38. The van der Waals surface area contributed by atoms with Gasteiger partial charge in [-0.05, 0) is 45.4 Å². The van der Waals surface area contributed by atoms with E-state index in [0.717, 1.165) is 12.1 Å². The smallest absolute Gasteiger partial charge is 0.128 e. The Morgan fingerprint density at radius 3 is 2.56 bits per heavy atom. The number of likely N-dealkylation sites (tertiary alicyclic amines) is 1. The Morgan fingerprint density at radius 1 is 1.28 bits per heavy atom. The quantitative estimate of drug-likeness (QED) is 0.834. The van der Waals surface area contributed by atoms with Crippen LogP contribution in [-0.4, -0.2) is 28.2 Å². The van der Waals surface area contributed by atoms with Crippen LogP contribution >= 0.6 is 0 Å². The van der Waals surface area contributed by atoms with Crippen LogP contribution < -0.4 is 0 Å². The summed E-state index contributed by atoms with van der Waals surface area (Å²) >= 11 is 0. The fourth-order valence-electron chi connectivity index (χ4n) is 2.62. The lowest BCUT2D eigenvalue weighted by Gasteiger charge is -2.37. The van der Waals surface area contributed by atoms with Crippen molar-refractivity contribution < 1.29 is 13.9 Å². The molecule has 0 unspecified atom stereocenters. The minimum absolute atomic E-state index is 0.194. The minimum Gasteiger partial charge on any atom is -0.392 e. The number of benzene rings is 1. The fourth-order valence-corrected chi connectivity index (χ4v) is 2.62. The van der Waals surface area contributed by atoms with E-state index in [1.807, 2.05) is 25.7 Å². The Bertz CT molecular complexity index is 442. The molecule has 2 nitrogen and oxygen atoms in total. The van der Waals surface area contributed by atoms with E-state index in [4.69, 9.17) is 0 Å². The zero-order valence-electron chi connectivity index (χ0n) is 11.0. The molecule has 0 saturated carbocycles. The van der Waals surface area contributed by atoms with Gasteiger partial charge in [0.2, 0.25) is 0 Å². The first-order valence-electron chi connectivity index (χ1n) is 6.19. The number of aliphatic hydroxyl groups excluding tert-OH is 1. The number of nitrogens with zero attached hydrogens (tertiary/aromatic N) is 1. The second-order valence-corrected chi connectivity index (χ2v) is 5.89. The Morgan fingerprint density at radius 2 is 1.94 bits per heavy atom. The maximum Gasteiger partial charge on any atom is 0.128 e. The lowest BCUT2D eigenvalue weighted by molar-refractivity contribution is 0.103. The Hall–Kier alpha value is -1.00. The summed E-state index contributed by atoms with van der Waals surface area (Å²) in [5.74, 6) is -0.855. The largest absolute Gasteiger partial charge is 0.392 e. The van der Waals surface area contributed by atoms with Gasteiger partial charge in [-0.1, -0.05) is 0 Å². The van der Waals surface area contributed by atoms with Gasteiger partial charge >= 0.3 is 0 Å². The molecule has 18 heavy (non-hydrogen) atoms. The lowest BCUT2D eigenvalue weighted by atomic mass is 9.98. The summed E-state index contributed by atoms with van der Waals surface area (Å²) in [5, 5.41) is 9.80. The molecule has 0 aliphatic carbocycles. The van der Waals surface area contributed by atoms with Crippen LogP contribution in [0.3, 0.4) is 0 Å². The molecular weight excluding hydrogens is 236 g/mol. The third-order valence-electron chi connectivity index (χ3n) is 3.46. The molecule has 1 fully saturated rings. The molecule has 0 radical (unpaired) electrons. The lowest BCUT2D eigenvalue weighted by Crippen LogP contribution is -2.41. The highest BCUT2D eigenvalue weighted by atomic mass is 19.1. The van der Waals surface area contributed by atoms with Gasteiger partial charge in [0.1, 0.15) is 11.6 Å². The fraction of sp³-hybridized carbons (Fsp3) is 0.571. The van der Waals surface area contributed by atoms with Crippen molar-refractivity contribution in [2.24, 2.45) is 0 Å². The molecule has 1 aromatic carbocycles. The number of halogens is 2. The number of hydrogen-bond donors (Lipinski definition) is 1. The van der Waals surface area contributed by atoms with Crippen LogP contribution in [0.5, 0.6) is 0 Å². The van der Waals surface area contributed by atoms with Crippen LogP contribution in [-0.2, 0) is 0 Å². The van der Waals surface area contributed by atoms with Gasteiger partial charge in [0.05, 0.1) is 6.10 Å². The summed E-state index contributed by atoms with van der Waals surface area (Å²) in [6.07, 6.45) is -0.0469. The van der Waals surface area contributed by atoms with Crippen molar-refractivity contribution in [1.29, 1.82) is 0 Å². The van der Waals surface area contributed by atoms with Crippen molar-refractivity contribution in [3.63, 3.8) is 0 Å². The molecule has 0 bridgehead atoms. The average Bonchev–Trinajstić information content (AvgIpc) is 2.63. The van der Waals surface area contributed by atoms with E-state index in [1.165, 1.54) is 6.07 Å². The standard InChI is InChI=1S/C14H19F2NO/c1-14(2,3)17-8-10(18)7-13(17)11-6-9(15)4-5-12(11)16/h4-6,10,13,18H,7-8H2,1-3H3/t10-,13-/m1/s1. The highest BCUT2D eigenvalue weighted by molar-refractivity contribution is 5.24. The maximum absolute atomic E-state index is 13.8. The van der Waals surface area contributed by atoms with Crippen molar-refractivity contribution in [1.82, 2.24) is 4.90 Å². The van der Waals surface area contributed by atoms with Crippen molar-refractivity contribution in [2.45, 2.75) is 44.9 Å². The van der Waals surface area contributed by atoms with Gasteiger partial charge in [-0.15, -0.1) is 0 Å². The number of β-amino-alcohol motifs (C(OH)–C–C–N with tert-alkyl or cyclic N) is 1. The normalized spacial score (nSPS) is 25.7. The Labute approximate surface area is 106 Å². The van der Waals surface area contributed by atoms with E-state index >= 15 is 0 Å². The SMILES string of the molecule is CC(C)(C)N1C[C@H](O)C[C@@H]1c1cc(F)ccc1F. The van der Waals surface area contributed by atoms with Crippen molar-refractivity contribution in [3.8, 4) is 0 Å². The third kappa shape index (κ3) is 2.54. The first kappa shape index (κ1) is 13.4. The van der Waals surface area contributed by atoms with Crippen LogP contribution in [0.2, 0.25) is 0 Å². The molecule has 1 aromatic rings. The summed E-state index contributed by atoms with van der Waals surface area (Å²) in [4.78, 5) is 2.02. The van der Waals surface area contributed by atoms with Gasteiger partial charge in [-0.3, -0.25) is 4.90 Å². The number of aliphatic hydroxyl groups is 1. The zero-order chi connectivity index (χ0) is 13.5. The first-order valence-corrected chi connectivity index (χ1v) is 6.19. The number of hydrogen-bond acceptors (Lipinski definition) is 2. The molecular formula is C14H19F2NO. The van der Waals surface area contributed by atoms with Gasteiger partial charge in [-0.2, -0.15) is 0 Å². The van der Waals surface area contributed by atoms with Crippen molar-refractivity contribution in [2.75, 3.05) is 6.54 Å². The van der Waals surface area contributed by atoms with Gasteiger partial charge < -0.3 is 5.11 Å². The summed E-state index contributed by atoms with van der Waals surface area (Å²) in [6, 6.07) is 3.23. The molecule has 1 heterocycles. The van der Waals surface area contributed by atoms with Gasteiger partial charge in [0.15, 0.2) is 0 Å². The van der Waals surface area contributed by atoms with Crippen LogP contribution in [0.25, 0.3) is 0 Å². The molecule has 0 amide bonds. The molecule has 1 saturated heterocycles. The summed E-state index contributed by atoms with van der Waals surface area (Å²) < 4.78 is 27.1. The number of rotatable bonds is 1. The molecule has 0 aromatic heterocycles. The second kappa shape index (κ2) is 4.59. The monoisotopic (exact) mass is 255 g/mol. The molecule has 4 heteroatoms. The molecule has 1 aliphatic heterocycles. The molecule has 1 aliphatic rings. The zero-order valence-corrected chi connectivity index (χ0v) is 11.0. The molecule has 1 N–H and O–H groups in total. The van der Waals surface area contributed by atoms with Crippen LogP contribution in [0.15, 0.2) is 18.2 Å². The first-order chi connectivity index (χ1) is 8.29. The minimum atomic E-state index is -0.489. The Balaban J connectivity index is 2.39. The van der Waals surface area contributed by atoms with E-state index in [9.17, 15) is 13.9 Å². The average molecular weight is 255 g/mol. The van der Waals surface area contributed by atoms with Gasteiger partial charge in [0, 0.05) is 23.7 Å². The Kier molecular flexibility index (Phi) is 3.43. The maximum atomic E-state index is 13.8. The van der Waals surface area contributed by atoms with Crippen LogP contribution in [0.1, 0.15) is 38.8 Å². The van der Waals surface area contributed by atoms with E-state index < -0.39 is 17.7 Å². The predicted octanol–water partition coefficient (Wildman–Crippen LogP) is 2.87. The molecule has 2 rings (SSSR count). The van der Waals surface area contributed by atoms with E-state index in [-0.39, 0.29) is 11.6 Å². The summed E-state index contributed by atoms with van der Waals surface area (Å²) in [6.45, 7) is 6.52. The molecule has 0 spiro atoms. The molecule has 100 valence electrons. The van der Waals surface area contributed by atoms with Gasteiger partial charge in [-0.25, -0.2) is 8.78 Å². The van der Waals surface area contributed by atoms with Crippen LogP contribution in [0, 0.1) is 11.6 Å². The molecule has 2 atom stereocenters. The van der Waals surface area contributed by atoms with Crippen LogP contribution in [0.4, 0.5) is 8.78 Å². The highest BCUT2D eigenvalue weighted by Gasteiger charge is 2.39. The van der Waals surface area contributed by atoms with E-state index in [0.29, 0.717) is 18.5 Å². The van der Waals surface area contributed by atoms with Crippen molar-refractivity contribution >= 4 is 0 Å². The summed E-state index contributed by atoms with van der Waals surface area (Å²) in [5.41, 5.74) is 0.141.